The molecule has 0 aliphatic carbocycles. The number of thiazole rings is 1. The molecule has 1 aliphatic heterocycles. The first-order valence-electron chi connectivity index (χ1n) is 8.18. The van der Waals surface area contributed by atoms with E-state index in [0.29, 0.717) is 17.6 Å². The van der Waals surface area contributed by atoms with E-state index in [4.69, 9.17) is 0 Å². The third kappa shape index (κ3) is 2.86. The second-order valence-electron chi connectivity index (χ2n) is 6.03. The van der Waals surface area contributed by atoms with Crippen molar-refractivity contribution in [2.24, 2.45) is 12.0 Å². The van der Waals surface area contributed by atoms with Gasteiger partial charge < -0.3 is 9.88 Å². The molecule has 1 N–H and O–H groups in total. The van der Waals surface area contributed by atoms with E-state index in [1.807, 2.05) is 49.7 Å². The van der Waals surface area contributed by atoms with Gasteiger partial charge in [-0.15, -0.1) is 0 Å². The number of fused-ring (bicyclic) bond motifs is 1. The minimum absolute atomic E-state index is 0.347. The Hall–Kier alpha value is -2.48. The first-order valence-corrected chi connectivity index (χ1v) is 8.99. The lowest BCUT2D eigenvalue weighted by Crippen LogP contribution is -2.46. The normalized spacial score (nSPS) is 17.4. The van der Waals surface area contributed by atoms with Crippen LogP contribution in [0.15, 0.2) is 29.3 Å². The van der Waals surface area contributed by atoms with Gasteiger partial charge in [0, 0.05) is 7.05 Å². The van der Waals surface area contributed by atoms with Crippen LogP contribution < -0.4 is 10.1 Å². The van der Waals surface area contributed by atoms with E-state index in [0.717, 1.165) is 15.1 Å². The summed E-state index contributed by atoms with van der Waals surface area (Å²) < 4.78 is 2.84. The Morgan fingerprint density at radius 2 is 1.92 bits per heavy atom. The van der Waals surface area contributed by atoms with E-state index in [9.17, 15) is 14.4 Å². The Morgan fingerprint density at radius 3 is 2.52 bits per heavy atom. The van der Waals surface area contributed by atoms with E-state index in [1.165, 1.54) is 11.3 Å². The molecule has 132 valence electrons. The number of aromatic nitrogens is 1. The zero-order chi connectivity index (χ0) is 18.2. The van der Waals surface area contributed by atoms with Crippen LogP contribution in [0.2, 0.25) is 0 Å². The fourth-order valence-electron chi connectivity index (χ4n) is 3.01. The highest BCUT2D eigenvalue weighted by molar-refractivity contribution is 7.16. The number of aryl methyl sites for hydroxylation is 1. The van der Waals surface area contributed by atoms with Crippen LogP contribution in [0.4, 0.5) is 4.79 Å². The number of carbonyl (C=O) groups is 3. The van der Waals surface area contributed by atoms with Gasteiger partial charge in [-0.25, -0.2) is 4.79 Å². The molecule has 2 heterocycles. The second kappa shape index (κ2) is 6.44. The first kappa shape index (κ1) is 17.3. The van der Waals surface area contributed by atoms with E-state index in [2.05, 4.69) is 10.3 Å². The Labute approximate surface area is 149 Å². The first-order chi connectivity index (χ1) is 11.9. The summed E-state index contributed by atoms with van der Waals surface area (Å²) in [6, 6.07) is 7.22. The van der Waals surface area contributed by atoms with Gasteiger partial charge in [0.25, 0.3) is 11.8 Å². The number of para-hydroxylation sites is 1. The summed E-state index contributed by atoms with van der Waals surface area (Å²) in [5, 5.41) is 2.71. The van der Waals surface area contributed by atoms with Crippen LogP contribution in [0.5, 0.6) is 0 Å². The Morgan fingerprint density at radius 1 is 1.24 bits per heavy atom. The third-order valence-electron chi connectivity index (χ3n) is 4.68. The number of hydrogen-bond donors (Lipinski definition) is 1. The predicted molar refractivity (Wildman–Crippen MR) is 94.9 cm³/mol. The van der Waals surface area contributed by atoms with Crippen molar-refractivity contribution in [3.63, 3.8) is 0 Å². The molecule has 1 fully saturated rings. The smallest absolute Gasteiger partial charge is 0.323 e. The summed E-state index contributed by atoms with van der Waals surface area (Å²) in [5.41, 5.74) is 0.0737. The quantitative estimate of drug-likeness (QED) is 0.844. The van der Waals surface area contributed by atoms with Crippen molar-refractivity contribution >= 4 is 39.4 Å². The van der Waals surface area contributed by atoms with Crippen molar-refractivity contribution in [1.82, 2.24) is 14.8 Å². The maximum absolute atomic E-state index is 12.5. The number of nitrogens with one attached hydrogen (secondary N) is 1. The highest BCUT2D eigenvalue weighted by Crippen LogP contribution is 2.24. The molecule has 0 saturated carbocycles. The van der Waals surface area contributed by atoms with Gasteiger partial charge in [-0.05, 0) is 25.0 Å². The molecular formula is C17H20N4O3S. The van der Waals surface area contributed by atoms with Crippen LogP contribution in [-0.2, 0) is 16.6 Å². The van der Waals surface area contributed by atoms with Crippen molar-refractivity contribution in [3.05, 3.63) is 29.1 Å². The summed E-state index contributed by atoms with van der Waals surface area (Å²) in [4.78, 5) is 42.6. The monoisotopic (exact) mass is 360 g/mol. The Bertz CT molecular complexity index is 923. The topological polar surface area (TPSA) is 83.8 Å². The van der Waals surface area contributed by atoms with Gasteiger partial charge in [-0.2, -0.15) is 4.99 Å². The summed E-state index contributed by atoms with van der Waals surface area (Å²) in [6.45, 7) is 3.34. The molecule has 1 saturated heterocycles. The van der Waals surface area contributed by atoms with Crippen LogP contribution >= 0.6 is 11.3 Å². The number of carbonyl (C=O) groups excluding carboxylic acids is 3. The zero-order valence-electron chi connectivity index (χ0n) is 14.4. The van der Waals surface area contributed by atoms with Crippen LogP contribution in [0.1, 0.15) is 26.7 Å². The Balaban J connectivity index is 1.86. The standard InChI is InChI=1S/C17H20N4O3S/c1-4-17(5-2)14(23)21(15(24)19-17)10-13(22)18-16-20(3)11-8-6-7-9-12(11)25-16/h6-9H,4-5,10H2,1-3H3,(H,19,24). The van der Waals surface area contributed by atoms with Crippen LogP contribution in [0.3, 0.4) is 0 Å². The fraction of sp³-hybridized carbons (Fsp3) is 0.412. The molecule has 1 aliphatic rings. The SMILES string of the molecule is CCC1(CC)NC(=O)N(CC(=O)N=c2sc3ccccc3n2C)C1=O. The van der Waals surface area contributed by atoms with Gasteiger partial charge in [0.15, 0.2) is 4.80 Å². The highest BCUT2D eigenvalue weighted by Gasteiger charge is 2.49. The lowest BCUT2D eigenvalue weighted by molar-refractivity contribution is -0.134. The maximum atomic E-state index is 12.5. The molecule has 2 aromatic rings. The molecule has 25 heavy (non-hydrogen) atoms. The number of amides is 4. The molecule has 4 amide bonds. The summed E-state index contributed by atoms with van der Waals surface area (Å²) >= 11 is 1.39. The molecule has 0 bridgehead atoms. The Kier molecular flexibility index (Phi) is 4.47. The van der Waals surface area contributed by atoms with E-state index in [-0.39, 0.29) is 12.5 Å². The van der Waals surface area contributed by atoms with E-state index in [1.54, 1.807) is 0 Å². The molecule has 1 aromatic carbocycles. The summed E-state index contributed by atoms with van der Waals surface area (Å²) in [6.07, 6.45) is 0.975. The molecule has 0 unspecified atom stereocenters. The van der Waals surface area contributed by atoms with Gasteiger partial charge in [0.05, 0.1) is 10.2 Å². The van der Waals surface area contributed by atoms with Gasteiger partial charge in [0.1, 0.15) is 12.1 Å². The number of hydrogen-bond acceptors (Lipinski definition) is 4. The molecule has 0 radical (unpaired) electrons. The summed E-state index contributed by atoms with van der Waals surface area (Å²) in [7, 11) is 1.83. The number of imide groups is 1. The van der Waals surface area contributed by atoms with Crippen LogP contribution in [0.25, 0.3) is 10.2 Å². The highest BCUT2D eigenvalue weighted by atomic mass is 32.1. The molecule has 0 atom stereocenters. The van der Waals surface area contributed by atoms with Crippen molar-refractivity contribution in [2.45, 2.75) is 32.2 Å². The molecule has 8 heteroatoms. The minimum Gasteiger partial charge on any atom is -0.323 e. The van der Waals surface area contributed by atoms with Gasteiger partial charge in [0.2, 0.25) is 0 Å². The molecule has 0 spiro atoms. The zero-order valence-corrected chi connectivity index (χ0v) is 15.2. The lowest BCUT2D eigenvalue weighted by atomic mass is 9.93. The van der Waals surface area contributed by atoms with Crippen molar-refractivity contribution < 1.29 is 14.4 Å². The molecule has 7 nitrogen and oxygen atoms in total. The largest absolute Gasteiger partial charge is 0.325 e. The molecule has 1 aromatic heterocycles. The van der Waals surface area contributed by atoms with Crippen LogP contribution in [0, 0.1) is 0 Å². The lowest BCUT2D eigenvalue weighted by Gasteiger charge is -2.22. The van der Waals surface area contributed by atoms with E-state index >= 15 is 0 Å². The second-order valence-corrected chi connectivity index (χ2v) is 7.04. The van der Waals surface area contributed by atoms with Gasteiger partial charge >= 0.3 is 6.03 Å². The van der Waals surface area contributed by atoms with Crippen molar-refractivity contribution in [1.29, 1.82) is 0 Å². The number of urea groups is 1. The van der Waals surface area contributed by atoms with E-state index < -0.39 is 17.5 Å². The average molecular weight is 360 g/mol. The van der Waals surface area contributed by atoms with Gasteiger partial charge in [-0.1, -0.05) is 37.3 Å². The number of nitrogens with zero attached hydrogens (tertiary/aromatic N) is 3. The van der Waals surface area contributed by atoms with Crippen LogP contribution in [-0.4, -0.2) is 39.4 Å². The maximum Gasteiger partial charge on any atom is 0.325 e. The third-order valence-corrected chi connectivity index (χ3v) is 5.79. The predicted octanol–water partition coefficient (Wildman–Crippen LogP) is 1.78. The number of rotatable bonds is 4. The molecular weight excluding hydrogens is 340 g/mol. The van der Waals surface area contributed by atoms with Crippen molar-refractivity contribution in [3.8, 4) is 0 Å². The van der Waals surface area contributed by atoms with Crippen molar-refractivity contribution in [2.75, 3.05) is 6.54 Å². The molecule has 3 rings (SSSR count). The fourth-order valence-corrected chi connectivity index (χ4v) is 4.05. The average Bonchev–Trinajstić information content (AvgIpc) is 3.04. The number of benzene rings is 1. The van der Waals surface area contributed by atoms with Gasteiger partial charge in [-0.3, -0.25) is 14.5 Å². The minimum atomic E-state index is -0.903. The summed E-state index contributed by atoms with van der Waals surface area (Å²) in [5.74, 6) is -0.875.